The van der Waals surface area contributed by atoms with Gasteiger partial charge >= 0.3 is 0 Å². The van der Waals surface area contributed by atoms with Crippen molar-refractivity contribution in [1.29, 1.82) is 0 Å². The van der Waals surface area contributed by atoms with E-state index < -0.39 is 46.0 Å². The number of sulfonamides is 1. The fraction of sp³-hybridized carbons (Fsp3) is 0.273. The Kier molecular flexibility index (Phi) is 8.29. The highest BCUT2D eigenvalue weighted by Gasteiger charge is 2.40. The Morgan fingerprint density at radius 1 is 1.06 bits per heavy atom. The summed E-state index contributed by atoms with van der Waals surface area (Å²) in [5, 5.41) is 3.07. The van der Waals surface area contributed by atoms with Crippen LogP contribution in [0.4, 0.5) is 0 Å². The molecule has 2 aromatic carbocycles. The highest BCUT2D eigenvalue weighted by Crippen LogP contribution is 2.23. The third-order valence-electron chi connectivity index (χ3n) is 5.13. The molecule has 1 aliphatic rings. The molecule has 0 aliphatic carbocycles. The molecule has 2 aromatic rings. The number of halogens is 2. The molecule has 12 heteroatoms. The predicted molar refractivity (Wildman–Crippen MR) is 125 cm³/mol. The molecular formula is C22H21Cl2N3O6S. The van der Waals surface area contributed by atoms with Gasteiger partial charge in [-0.3, -0.25) is 19.2 Å². The quantitative estimate of drug-likeness (QED) is 0.377. The van der Waals surface area contributed by atoms with Gasteiger partial charge in [0.2, 0.25) is 11.7 Å². The zero-order valence-electron chi connectivity index (χ0n) is 17.8. The van der Waals surface area contributed by atoms with Gasteiger partial charge < -0.3 is 10.2 Å². The molecule has 1 heterocycles. The number of nitrogens with one attached hydrogen (secondary N) is 2. The molecule has 9 nitrogen and oxygen atoms in total. The fourth-order valence-corrected chi connectivity index (χ4v) is 4.72. The van der Waals surface area contributed by atoms with E-state index in [2.05, 4.69) is 5.32 Å². The van der Waals surface area contributed by atoms with Gasteiger partial charge in [-0.1, -0.05) is 47.5 Å². The van der Waals surface area contributed by atoms with Gasteiger partial charge in [-0.25, -0.2) is 13.1 Å². The molecule has 0 saturated carbocycles. The number of hydrogen-bond donors (Lipinski definition) is 2. The first-order chi connectivity index (χ1) is 16.1. The zero-order chi connectivity index (χ0) is 24.9. The molecule has 0 radical (unpaired) electrons. The van der Waals surface area contributed by atoms with E-state index in [1.807, 2.05) is 4.72 Å². The minimum atomic E-state index is -4.14. The summed E-state index contributed by atoms with van der Waals surface area (Å²) in [4.78, 5) is 50.0. The Morgan fingerprint density at radius 3 is 2.38 bits per heavy atom. The normalized spacial score (nSPS) is 15.6. The van der Waals surface area contributed by atoms with Crippen molar-refractivity contribution in [3.8, 4) is 0 Å². The SMILES string of the molecule is O=C(CN(CCCc1ccc(Cl)c(Cl)c1)C(=O)C1CNC(=O)C1=O)NS(=O)(=O)c1ccccc1. The molecule has 1 saturated heterocycles. The van der Waals surface area contributed by atoms with E-state index >= 15 is 0 Å². The van der Waals surface area contributed by atoms with E-state index in [-0.39, 0.29) is 18.0 Å². The van der Waals surface area contributed by atoms with E-state index in [0.29, 0.717) is 22.9 Å². The average molecular weight is 526 g/mol. The number of Topliss-reactive ketones (excluding diaryl/α,β-unsaturated/α-hetero) is 1. The van der Waals surface area contributed by atoms with Gasteiger partial charge in [0, 0.05) is 13.1 Å². The van der Waals surface area contributed by atoms with Crippen molar-refractivity contribution in [3.63, 3.8) is 0 Å². The first kappa shape index (κ1) is 25.7. The molecular weight excluding hydrogens is 505 g/mol. The summed E-state index contributed by atoms with van der Waals surface area (Å²) in [5.74, 6) is -4.71. The molecule has 1 atom stereocenters. The molecule has 1 unspecified atom stereocenters. The molecule has 180 valence electrons. The summed E-state index contributed by atoms with van der Waals surface area (Å²) >= 11 is 11.9. The minimum absolute atomic E-state index is 0.0376. The summed E-state index contributed by atoms with van der Waals surface area (Å²) in [6.07, 6.45) is 0.852. The number of aryl methyl sites for hydroxylation is 1. The van der Waals surface area contributed by atoms with Gasteiger partial charge in [0.15, 0.2) is 0 Å². The lowest BCUT2D eigenvalue weighted by atomic mass is 10.0. The number of carbonyl (C=O) groups is 4. The smallest absolute Gasteiger partial charge is 0.288 e. The van der Waals surface area contributed by atoms with Gasteiger partial charge in [-0.2, -0.15) is 0 Å². The van der Waals surface area contributed by atoms with Crippen LogP contribution in [-0.4, -0.2) is 56.5 Å². The standard InChI is InChI=1S/C22H21Cl2N3O6S/c23-17-9-8-14(11-18(17)24)5-4-10-27(22(31)16-12-25-21(30)20(16)29)13-19(28)26-34(32,33)15-6-2-1-3-7-15/h1-3,6-9,11,16H,4-5,10,12-13H2,(H,25,30)(H,26,28). The van der Waals surface area contributed by atoms with Gasteiger partial charge in [-0.05, 0) is 42.7 Å². The lowest BCUT2D eigenvalue weighted by Crippen LogP contribution is -2.46. The van der Waals surface area contributed by atoms with Crippen LogP contribution in [-0.2, 0) is 35.6 Å². The van der Waals surface area contributed by atoms with Crippen LogP contribution in [0.1, 0.15) is 12.0 Å². The second-order valence-corrected chi connectivity index (χ2v) is 10.1. The molecule has 2 N–H and O–H groups in total. The van der Waals surface area contributed by atoms with Crippen molar-refractivity contribution in [2.24, 2.45) is 5.92 Å². The molecule has 34 heavy (non-hydrogen) atoms. The second-order valence-electron chi connectivity index (χ2n) is 7.58. The monoisotopic (exact) mass is 525 g/mol. The largest absolute Gasteiger partial charge is 0.348 e. The lowest BCUT2D eigenvalue weighted by Gasteiger charge is -2.24. The Hall–Kier alpha value is -2.95. The molecule has 3 amide bonds. The van der Waals surface area contributed by atoms with Crippen LogP contribution in [0.15, 0.2) is 53.4 Å². The molecule has 0 bridgehead atoms. The van der Waals surface area contributed by atoms with Gasteiger partial charge in [0.1, 0.15) is 12.5 Å². The number of hydrogen-bond acceptors (Lipinski definition) is 6. The van der Waals surface area contributed by atoms with Crippen LogP contribution >= 0.6 is 23.2 Å². The third-order valence-corrected chi connectivity index (χ3v) is 7.26. The highest BCUT2D eigenvalue weighted by atomic mass is 35.5. The summed E-state index contributed by atoms with van der Waals surface area (Å²) in [7, 11) is -4.14. The van der Waals surface area contributed by atoms with Crippen molar-refractivity contribution < 1.29 is 27.6 Å². The Morgan fingerprint density at radius 2 is 1.76 bits per heavy atom. The molecule has 1 fully saturated rings. The predicted octanol–water partition coefficient (Wildman–Crippen LogP) is 1.57. The Balaban J connectivity index is 1.70. The first-order valence-electron chi connectivity index (χ1n) is 10.2. The third kappa shape index (κ3) is 6.34. The fourth-order valence-electron chi connectivity index (χ4n) is 3.40. The van der Waals surface area contributed by atoms with Crippen LogP contribution in [0.2, 0.25) is 10.0 Å². The molecule has 0 aromatic heterocycles. The summed E-state index contributed by atoms with van der Waals surface area (Å²) in [6, 6.07) is 12.4. The highest BCUT2D eigenvalue weighted by molar-refractivity contribution is 7.90. The summed E-state index contributed by atoms with van der Waals surface area (Å²) < 4.78 is 26.8. The maximum Gasteiger partial charge on any atom is 0.288 e. The second kappa shape index (κ2) is 11.0. The number of benzene rings is 2. The van der Waals surface area contributed by atoms with Crippen LogP contribution < -0.4 is 10.0 Å². The number of ketones is 1. The van der Waals surface area contributed by atoms with Gasteiger partial charge in [0.05, 0.1) is 14.9 Å². The number of carbonyl (C=O) groups excluding carboxylic acids is 4. The Labute approximate surface area is 206 Å². The van der Waals surface area contributed by atoms with Crippen molar-refractivity contribution >= 4 is 56.7 Å². The van der Waals surface area contributed by atoms with Crippen LogP contribution in [0.5, 0.6) is 0 Å². The number of amides is 3. The van der Waals surface area contributed by atoms with E-state index in [9.17, 15) is 27.6 Å². The van der Waals surface area contributed by atoms with Crippen molar-refractivity contribution in [3.05, 3.63) is 64.1 Å². The maximum absolute atomic E-state index is 13.0. The zero-order valence-corrected chi connectivity index (χ0v) is 20.1. The minimum Gasteiger partial charge on any atom is -0.348 e. The number of nitrogens with zero attached hydrogens (tertiary/aromatic N) is 1. The average Bonchev–Trinajstić information content (AvgIpc) is 3.13. The molecule has 3 rings (SSSR count). The van der Waals surface area contributed by atoms with Crippen LogP contribution in [0, 0.1) is 5.92 Å². The maximum atomic E-state index is 13.0. The summed E-state index contributed by atoms with van der Waals surface area (Å²) in [5.41, 5.74) is 0.840. The van der Waals surface area contributed by atoms with Crippen LogP contribution in [0.3, 0.4) is 0 Å². The van der Waals surface area contributed by atoms with Gasteiger partial charge in [0.25, 0.3) is 21.8 Å². The van der Waals surface area contributed by atoms with E-state index in [1.165, 1.54) is 24.3 Å². The van der Waals surface area contributed by atoms with Crippen molar-refractivity contribution in [2.45, 2.75) is 17.7 Å². The topological polar surface area (TPSA) is 130 Å². The molecule has 0 spiro atoms. The van der Waals surface area contributed by atoms with E-state index in [0.717, 1.165) is 10.5 Å². The van der Waals surface area contributed by atoms with Gasteiger partial charge in [-0.15, -0.1) is 0 Å². The first-order valence-corrected chi connectivity index (χ1v) is 12.5. The number of rotatable bonds is 9. The lowest BCUT2D eigenvalue weighted by molar-refractivity contribution is -0.145. The summed E-state index contributed by atoms with van der Waals surface area (Å²) in [6.45, 7) is -0.746. The van der Waals surface area contributed by atoms with Crippen molar-refractivity contribution in [1.82, 2.24) is 14.9 Å². The van der Waals surface area contributed by atoms with E-state index in [4.69, 9.17) is 23.2 Å². The van der Waals surface area contributed by atoms with Crippen molar-refractivity contribution in [2.75, 3.05) is 19.6 Å². The Bertz CT molecular complexity index is 1220. The van der Waals surface area contributed by atoms with E-state index in [1.54, 1.807) is 24.3 Å². The van der Waals surface area contributed by atoms with Crippen LogP contribution in [0.25, 0.3) is 0 Å². The molecule has 1 aliphatic heterocycles.